The van der Waals surface area contributed by atoms with Crippen LogP contribution in [0.3, 0.4) is 0 Å². The molecule has 0 aromatic carbocycles. The summed E-state index contributed by atoms with van der Waals surface area (Å²) in [6, 6.07) is 0. The molecule has 0 aliphatic carbocycles. The number of ether oxygens (including phenoxy) is 1. The van der Waals surface area contributed by atoms with Crippen LogP contribution >= 0.6 is 0 Å². The zero-order valence-corrected chi connectivity index (χ0v) is 15.6. The normalized spacial score (nSPS) is 18.8. The van der Waals surface area contributed by atoms with Gasteiger partial charge in [-0.25, -0.2) is 9.78 Å². The van der Waals surface area contributed by atoms with E-state index in [0.29, 0.717) is 12.5 Å². The highest BCUT2D eigenvalue weighted by molar-refractivity contribution is 5.88. The quantitative estimate of drug-likeness (QED) is 0.431. The molecule has 0 bridgehead atoms. The second kappa shape index (κ2) is 9.83. The number of aliphatic hydroxyl groups is 1. The fourth-order valence-electron chi connectivity index (χ4n) is 2.87. The molecular weight excluding hydrogens is 376 g/mol. The Morgan fingerprint density at radius 3 is 2.21 bits per heavy atom. The van der Waals surface area contributed by atoms with Crippen LogP contribution in [0.2, 0.25) is 0 Å². The van der Waals surface area contributed by atoms with E-state index in [-0.39, 0.29) is 11.9 Å². The summed E-state index contributed by atoms with van der Waals surface area (Å²) in [5.74, 6) is -4.67. The highest BCUT2D eigenvalue weighted by atomic mass is 16.5. The minimum Gasteiger partial charge on any atom is -0.481 e. The van der Waals surface area contributed by atoms with E-state index in [1.165, 1.54) is 0 Å². The van der Waals surface area contributed by atoms with Crippen LogP contribution in [-0.2, 0) is 37.4 Å². The third kappa shape index (κ3) is 6.34. The molecule has 1 fully saturated rings. The minimum atomic E-state index is -2.74. The van der Waals surface area contributed by atoms with Crippen molar-refractivity contribution in [1.82, 2.24) is 9.55 Å². The molecule has 0 radical (unpaired) electrons. The molecule has 2 heterocycles. The monoisotopic (exact) mass is 400 g/mol. The van der Waals surface area contributed by atoms with E-state index in [9.17, 15) is 19.2 Å². The minimum absolute atomic E-state index is 0.0373. The third-order valence-corrected chi connectivity index (χ3v) is 4.42. The maximum absolute atomic E-state index is 11.4. The lowest BCUT2D eigenvalue weighted by Crippen LogP contribution is -2.42. The summed E-state index contributed by atoms with van der Waals surface area (Å²) in [6.45, 7) is 2.59. The summed E-state index contributed by atoms with van der Waals surface area (Å²) in [7, 11) is 1.97. The Bertz CT molecular complexity index is 712. The van der Waals surface area contributed by atoms with Crippen molar-refractivity contribution in [3.63, 3.8) is 0 Å². The summed E-state index contributed by atoms with van der Waals surface area (Å²) in [6.07, 6.45) is 3.09. The highest BCUT2D eigenvalue weighted by Gasteiger charge is 2.40. The Labute approximate surface area is 160 Å². The van der Waals surface area contributed by atoms with E-state index in [1.54, 1.807) is 6.33 Å². The average Bonchev–Trinajstić information content (AvgIpc) is 3.12. The molecule has 1 aromatic rings. The summed E-state index contributed by atoms with van der Waals surface area (Å²) in [5, 5.41) is 33.8. The SMILES string of the molecule is CC[C@@H]1C(=O)OC[C@@H]1Cc1cncn1C.O=C(O)CC(O)(CC(=O)O)C(=O)O. The summed E-state index contributed by atoms with van der Waals surface area (Å²) >= 11 is 0. The number of cyclic esters (lactones) is 1. The smallest absolute Gasteiger partial charge is 0.336 e. The van der Waals surface area contributed by atoms with Gasteiger partial charge in [0.2, 0.25) is 0 Å². The topological polar surface area (TPSA) is 176 Å². The molecule has 0 amide bonds. The van der Waals surface area contributed by atoms with E-state index in [1.807, 2.05) is 24.7 Å². The Morgan fingerprint density at radius 2 is 1.82 bits per heavy atom. The lowest BCUT2D eigenvalue weighted by Gasteiger charge is -2.18. The molecular formula is C17H24N2O9. The first kappa shape index (κ1) is 23.1. The number of carboxylic acids is 3. The van der Waals surface area contributed by atoms with E-state index < -0.39 is 36.4 Å². The van der Waals surface area contributed by atoms with E-state index in [2.05, 4.69) is 4.98 Å². The fraction of sp³-hybridized carbons (Fsp3) is 0.588. The van der Waals surface area contributed by atoms with Gasteiger partial charge in [0.15, 0.2) is 5.60 Å². The average molecular weight is 400 g/mol. The highest BCUT2D eigenvalue weighted by Crippen LogP contribution is 2.27. The van der Waals surface area contributed by atoms with Crippen LogP contribution in [-0.4, -0.2) is 66.1 Å². The number of esters is 1. The molecule has 2 atom stereocenters. The Balaban J connectivity index is 0.000000284. The lowest BCUT2D eigenvalue weighted by molar-refractivity contribution is -0.170. The molecule has 1 aliphatic rings. The van der Waals surface area contributed by atoms with Crippen LogP contribution in [0.5, 0.6) is 0 Å². The third-order valence-electron chi connectivity index (χ3n) is 4.42. The number of nitrogens with zero attached hydrogens (tertiary/aromatic N) is 2. The number of hydrogen-bond donors (Lipinski definition) is 4. The fourth-order valence-corrected chi connectivity index (χ4v) is 2.87. The second-order valence-corrected chi connectivity index (χ2v) is 6.58. The number of carbonyl (C=O) groups excluding carboxylic acids is 1. The molecule has 4 N–H and O–H groups in total. The Kier molecular flexibility index (Phi) is 8.11. The van der Waals surface area contributed by atoms with Crippen molar-refractivity contribution in [2.24, 2.45) is 18.9 Å². The van der Waals surface area contributed by atoms with E-state index in [0.717, 1.165) is 18.5 Å². The van der Waals surface area contributed by atoms with Crippen molar-refractivity contribution in [2.75, 3.05) is 6.61 Å². The molecule has 1 saturated heterocycles. The van der Waals surface area contributed by atoms with Gasteiger partial charge in [-0.3, -0.25) is 14.4 Å². The van der Waals surface area contributed by atoms with Crippen molar-refractivity contribution in [1.29, 1.82) is 0 Å². The van der Waals surface area contributed by atoms with Gasteiger partial charge < -0.3 is 29.7 Å². The number of hydrogen-bond acceptors (Lipinski definition) is 7. The van der Waals surface area contributed by atoms with E-state index >= 15 is 0 Å². The van der Waals surface area contributed by atoms with Gasteiger partial charge in [0.25, 0.3) is 0 Å². The van der Waals surface area contributed by atoms with Gasteiger partial charge in [0.1, 0.15) is 0 Å². The van der Waals surface area contributed by atoms with Crippen molar-refractivity contribution < 1.29 is 44.3 Å². The first-order valence-corrected chi connectivity index (χ1v) is 8.51. The van der Waals surface area contributed by atoms with Crippen LogP contribution in [0.25, 0.3) is 0 Å². The van der Waals surface area contributed by atoms with Crippen molar-refractivity contribution in [3.05, 3.63) is 18.2 Å². The van der Waals surface area contributed by atoms with Gasteiger partial charge in [-0.05, 0) is 12.8 Å². The number of aromatic nitrogens is 2. The predicted molar refractivity (Wildman–Crippen MR) is 92.2 cm³/mol. The molecule has 11 nitrogen and oxygen atoms in total. The van der Waals surface area contributed by atoms with Crippen LogP contribution in [0, 0.1) is 11.8 Å². The van der Waals surface area contributed by atoms with Crippen molar-refractivity contribution in [2.45, 2.75) is 38.2 Å². The van der Waals surface area contributed by atoms with Crippen molar-refractivity contribution in [3.8, 4) is 0 Å². The molecule has 1 aromatic heterocycles. The zero-order chi connectivity index (χ0) is 21.5. The van der Waals surface area contributed by atoms with Gasteiger partial charge in [-0.15, -0.1) is 0 Å². The predicted octanol–water partition coefficient (Wildman–Crippen LogP) is -0.0867. The number of imidazole rings is 1. The van der Waals surface area contributed by atoms with E-state index in [4.69, 9.17) is 25.2 Å². The Morgan fingerprint density at radius 1 is 1.25 bits per heavy atom. The molecule has 156 valence electrons. The second-order valence-electron chi connectivity index (χ2n) is 6.58. The summed E-state index contributed by atoms with van der Waals surface area (Å²) in [5.41, 5.74) is -1.57. The molecule has 11 heteroatoms. The standard InChI is InChI=1S/C11H16N2O2.C6H8O7/c1-3-10-8(6-15-11(10)14)4-9-5-12-7-13(9)2;7-3(8)1-6(13,5(11)12)2-4(9)10/h5,7-8,10H,3-4,6H2,1-2H3;13H,1-2H2,(H,7,8)(H,9,10)(H,11,12)/t8-,10-;/m0./s1. The van der Waals surface area contributed by atoms with Gasteiger partial charge in [-0.2, -0.15) is 0 Å². The number of carbonyl (C=O) groups is 4. The molecule has 0 spiro atoms. The van der Waals surface area contributed by atoms with Gasteiger partial charge in [0.05, 0.1) is 31.7 Å². The van der Waals surface area contributed by atoms with Gasteiger partial charge in [0, 0.05) is 24.9 Å². The first-order valence-electron chi connectivity index (χ1n) is 8.51. The number of aliphatic carboxylic acids is 3. The molecule has 2 rings (SSSR count). The largest absolute Gasteiger partial charge is 0.481 e. The number of carboxylic acid groups (broad SMARTS) is 3. The summed E-state index contributed by atoms with van der Waals surface area (Å²) < 4.78 is 7.08. The lowest BCUT2D eigenvalue weighted by atomic mass is 9.89. The zero-order valence-electron chi connectivity index (χ0n) is 15.6. The van der Waals surface area contributed by atoms with Crippen molar-refractivity contribution >= 4 is 23.9 Å². The first-order chi connectivity index (χ1) is 13.0. The Hall–Kier alpha value is -2.95. The van der Waals surface area contributed by atoms with Crippen LogP contribution in [0.15, 0.2) is 12.5 Å². The number of aryl methyl sites for hydroxylation is 1. The molecule has 1 aliphatic heterocycles. The van der Waals surface area contributed by atoms with Crippen LogP contribution in [0.1, 0.15) is 31.9 Å². The molecule has 0 saturated carbocycles. The molecule has 28 heavy (non-hydrogen) atoms. The maximum atomic E-state index is 11.4. The number of rotatable bonds is 8. The van der Waals surface area contributed by atoms with Gasteiger partial charge >= 0.3 is 23.9 Å². The molecule has 0 unspecified atom stereocenters. The maximum Gasteiger partial charge on any atom is 0.336 e. The summed E-state index contributed by atoms with van der Waals surface area (Å²) in [4.78, 5) is 45.9. The van der Waals surface area contributed by atoms with Gasteiger partial charge in [-0.1, -0.05) is 6.92 Å². The van der Waals surface area contributed by atoms with Crippen LogP contribution < -0.4 is 0 Å². The van der Waals surface area contributed by atoms with Crippen LogP contribution in [0.4, 0.5) is 0 Å².